The zero-order valence-electron chi connectivity index (χ0n) is 8.90. The van der Waals surface area contributed by atoms with E-state index in [1.165, 1.54) is 6.42 Å². The molecule has 0 amide bonds. The minimum atomic E-state index is -0.632. The van der Waals surface area contributed by atoms with Crippen LogP contribution in [0.15, 0.2) is 12.4 Å². The quantitative estimate of drug-likeness (QED) is 0.797. The van der Waals surface area contributed by atoms with Crippen molar-refractivity contribution in [3.63, 3.8) is 0 Å². The molecule has 1 aliphatic rings. The van der Waals surface area contributed by atoms with Gasteiger partial charge < -0.3 is 5.11 Å². The first-order valence-corrected chi connectivity index (χ1v) is 5.38. The highest BCUT2D eigenvalue weighted by Gasteiger charge is 2.40. The van der Waals surface area contributed by atoms with Crippen molar-refractivity contribution in [2.75, 3.05) is 0 Å². The number of nitrogens with zero attached hydrogens (tertiary/aromatic N) is 2. The first kappa shape index (κ1) is 9.71. The monoisotopic (exact) mass is 194 g/mol. The first-order valence-electron chi connectivity index (χ1n) is 5.38. The molecule has 1 aromatic rings. The molecule has 1 N–H and O–H groups in total. The minimum Gasteiger partial charge on any atom is -0.385 e. The number of rotatable bonds is 3. The van der Waals surface area contributed by atoms with Crippen LogP contribution < -0.4 is 0 Å². The molecular formula is C11H18N2O. The largest absolute Gasteiger partial charge is 0.385 e. The molecule has 1 saturated carbocycles. The number of hydrogen-bond acceptors (Lipinski definition) is 2. The Bertz CT molecular complexity index is 317. The average Bonchev–Trinajstić information content (AvgIpc) is 2.48. The van der Waals surface area contributed by atoms with E-state index in [0.717, 1.165) is 24.8 Å². The third-order valence-electron chi connectivity index (χ3n) is 3.52. The highest BCUT2D eigenvalue weighted by Crippen LogP contribution is 2.44. The van der Waals surface area contributed by atoms with Gasteiger partial charge in [0.05, 0.1) is 11.8 Å². The second-order valence-electron chi connectivity index (χ2n) is 4.31. The Labute approximate surface area is 84.7 Å². The molecule has 0 aromatic carbocycles. The third kappa shape index (κ3) is 1.36. The minimum absolute atomic E-state index is 0.441. The maximum absolute atomic E-state index is 10.6. The lowest BCUT2D eigenvalue weighted by molar-refractivity contribution is -0.0595. The fourth-order valence-corrected chi connectivity index (χ4v) is 2.26. The molecule has 0 aliphatic heterocycles. The van der Waals surface area contributed by atoms with Crippen LogP contribution in [-0.2, 0) is 12.6 Å². The van der Waals surface area contributed by atoms with Crippen molar-refractivity contribution in [1.82, 2.24) is 9.78 Å². The summed E-state index contributed by atoms with van der Waals surface area (Å²) >= 11 is 0. The Morgan fingerprint density at radius 1 is 1.64 bits per heavy atom. The Kier molecular flexibility index (Phi) is 2.35. The molecule has 0 saturated heterocycles. The zero-order valence-corrected chi connectivity index (χ0v) is 8.90. The zero-order chi connectivity index (χ0) is 10.2. The highest BCUT2D eigenvalue weighted by molar-refractivity contribution is 5.17. The van der Waals surface area contributed by atoms with Crippen molar-refractivity contribution < 1.29 is 5.11 Å². The fraction of sp³-hybridized carbons (Fsp3) is 0.727. The maximum atomic E-state index is 10.6. The molecular weight excluding hydrogens is 176 g/mol. The summed E-state index contributed by atoms with van der Waals surface area (Å²) in [5.74, 6) is 0.441. The molecule has 3 heteroatoms. The Morgan fingerprint density at radius 2 is 2.36 bits per heavy atom. The molecule has 1 unspecified atom stereocenters. The van der Waals surface area contributed by atoms with Gasteiger partial charge in [0.2, 0.25) is 0 Å². The Morgan fingerprint density at radius 3 is 2.71 bits per heavy atom. The van der Waals surface area contributed by atoms with Gasteiger partial charge in [-0.15, -0.1) is 0 Å². The Balaban J connectivity index is 2.26. The summed E-state index contributed by atoms with van der Waals surface area (Å²) in [4.78, 5) is 0. The van der Waals surface area contributed by atoms with E-state index in [1.807, 2.05) is 20.2 Å². The van der Waals surface area contributed by atoms with Crippen LogP contribution in [0.1, 0.15) is 38.2 Å². The van der Waals surface area contributed by atoms with E-state index in [2.05, 4.69) is 5.10 Å². The van der Waals surface area contributed by atoms with E-state index in [9.17, 15) is 5.11 Å². The van der Waals surface area contributed by atoms with Crippen molar-refractivity contribution in [3.8, 4) is 0 Å². The topological polar surface area (TPSA) is 38.1 Å². The summed E-state index contributed by atoms with van der Waals surface area (Å²) < 4.78 is 1.76. The predicted molar refractivity (Wildman–Crippen MR) is 54.7 cm³/mol. The number of aliphatic hydroxyl groups is 1. The van der Waals surface area contributed by atoms with Gasteiger partial charge in [-0.2, -0.15) is 5.10 Å². The third-order valence-corrected chi connectivity index (χ3v) is 3.52. The van der Waals surface area contributed by atoms with Crippen molar-refractivity contribution in [3.05, 3.63) is 18.0 Å². The average molecular weight is 194 g/mol. The lowest BCUT2D eigenvalue weighted by atomic mass is 9.69. The summed E-state index contributed by atoms with van der Waals surface area (Å²) in [6.07, 6.45) is 8.07. The lowest BCUT2D eigenvalue weighted by Crippen LogP contribution is -2.38. The van der Waals surface area contributed by atoms with Gasteiger partial charge in [-0.1, -0.05) is 13.3 Å². The van der Waals surface area contributed by atoms with Gasteiger partial charge in [0.25, 0.3) is 0 Å². The molecule has 0 bridgehead atoms. The van der Waals surface area contributed by atoms with E-state index >= 15 is 0 Å². The van der Waals surface area contributed by atoms with Crippen LogP contribution in [0.25, 0.3) is 0 Å². The molecule has 0 radical (unpaired) electrons. The van der Waals surface area contributed by atoms with E-state index < -0.39 is 5.60 Å². The van der Waals surface area contributed by atoms with Gasteiger partial charge in [0, 0.05) is 18.8 Å². The molecule has 14 heavy (non-hydrogen) atoms. The smallest absolute Gasteiger partial charge is 0.0952 e. The normalized spacial score (nSPS) is 21.6. The highest BCUT2D eigenvalue weighted by atomic mass is 16.3. The van der Waals surface area contributed by atoms with E-state index in [4.69, 9.17) is 0 Å². The molecule has 1 fully saturated rings. The predicted octanol–water partition coefficient (Wildman–Crippen LogP) is 1.82. The molecule has 3 nitrogen and oxygen atoms in total. The first-order chi connectivity index (χ1) is 6.66. The maximum Gasteiger partial charge on any atom is 0.0952 e. The van der Waals surface area contributed by atoms with Crippen LogP contribution in [-0.4, -0.2) is 14.9 Å². The summed E-state index contributed by atoms with van der Waals surface area (Å²) in [6, 6.07) is 0. The van der Waals surface area contributed by atoms with Crippen molar-refractivity contribution >= 4 is 0 Å². The summed E-state index contributed by atoms with van der Waals surface area (Å²) in [5.41, 5.74) is 0.346. The fourth-order valence-electron chi connectivity index (χ4n) is 2.26. The molecule has 78 valence electrons. The number of aryl methyl sites for hydroxylation is 1. The summed E-state index contributed by atoms with van der Waals surface area (Å²) in [6.45, 7) is 2.05. The Hall–Kier alpha value is -0.830. The molecule has 2 rings (SSSR count). The van der Waals surface area contributed by atoms with Crippen LogP contribution in [0.5, 0.6) is 0 Å². The van der Waals surface area contributed by atoms with Gasteiger partial charge >= 0.3 is 0 Å². The molecule has 1 atom stereocenters. The van der Waals surface area contributed by atoms with Crippen molar-refractivity contribution in [2.45, 2.75) is 38.2 Å². The van der Waals surface area contributed by atoms with Gasteiger partial charge in [-0.05, 0) is 25.2 Å². The van der Waals surface area contributed by atoms with Crippen LogP contribution >= 0.6 is 0 Å². The second-order valence-corrected chi connectivity index (χ2v) is 4.31. The molecule has 1 aliphatic carbocycles. The van der Waals surface area contributed by atoms with Crippen LogP contribution in [0.2, 0.25) is 0 Å². The van der Waals surface area contributed by atoms with Crippen molar-refractivity contribution in [1.29, 1.82) is 0 Å². The number of aromatic nitrogens is 2. The van der Waals surface area contributed by atoms with E-state index in [1.54, 1.807) is 10.9 Å². The van der Waals surface area contributed by atoms with Gasteiger partial charge in [0.15, 0.2) is 0 Å². The van der Waals surface area contributed by atoms with Crippen LogP contribution in [0, 0.1) is 5.92 Å². The van der Waals surface area contributed by atoms with E-state index in [-0.39, 0.29) is 0 Å². The molecule has 1 heterocycles. The van der Waals surface area contributed by atoms with Crippen LogP contribution in [0.4, 0.5) is 0 Å². The van der Waals surface area contributed by atoms with Gasteiger partial charge in [-0.25, -0.2) is 0 Å². The van der Waals surface area contributed by atoms with Gasteiger partial charge in [0.1, 0.15) is 0 Å². The van der Waals surface area contributed by atoms with Crippen LogP contribution in [0.3, 0.4) is 0 Å². The summed E-state index contributed by atoms with van der Waals surface area (Å²) in [7, 11) is 1.89. The summed E-state index contributed by atoms with van der Waals surface area (Å²) in [5, 5.41) is 14.7. The van der Waals surface area contributed by atoms with E-state index in [0.29, 0.717) is 5.92 Å². The molecule has 1 aromatic heterocycles. The SMILES string of the molecule is CCC(O)(c1cnn(C)c1)C1CCC1. The lowest BCUT2D eigenvalue weighted by Gasteiger charge is -2.40. The second kappa shape index (κ2) is 3.39. The number of hydrogen-bond donors (Lipinski definition) is 1. The standard InChI is InChI=1S/C11H18N2O/c1-3-11(14,9-5-4-6-9)10-7-12-13(2)8-10/h7-9,14H,3-6H2,1-2H3. The van der Waals surface area contributed by atoms with Gasteiger partial charge in [-0.3, -0.25) is 4.68 Å². The molecule has 0 spiro atoms. The van der Waals surface area contributed by atoms with Crippen molar-refractivity contribution in [2.24, 2.45) is 13.0 Å².